The van der Waals surface area contributed by atoms with Crippen molar-refractivity contribution in [3.05, 3.63) is 35.4 Å². The van der Waals surface area contributed by atoms with E-state index >= 15 is 0 Å². The van der Waals surface area contributed by atoms with Gasteiger partial charge in [-0.25, -0.2) is 0 Å². The van der Waals surface area contributed by atoms with Crippen molar-refractivity contribution in [2.24, 2.45) is 0 Å². The van der Waals surface area contributed by atoms with E-state index in [1.165, 1.54) is 5.56 Å². The summed E-state index contributed by atoms with van der Waals surface area (Å²) in [5.74, 6) is 0. The Morgan fingerprint density at radius 1 is 1.22 bits per heavy atom. The summed E-state index contributed by atoms with van der Waals surface area (Å²) >= 11 is 2.73. The average Bonchev–Trinajstić information content (AvgIpc) is 2.49. The number of hydrogen-bond acceptors (Lipinski definition) is 1. The molecule has 1 nitrogen and oxygen atoms in total. The van der Waals surface area contributed by atoms with Crippen LogP contribution in [-0.2, 0) is 13.0 Å². The molecule has 1 aromatic carbocycles. The second-order valence-electron chi connectivity index (χ2n) is 4.62. The van der Waals surface area contributed by atoms with Crippen molar-refractivity contribution < 1.29 is 13.2 Å². The molecule has 18 heavy (non-hydrogen) atoms. The SMILES string of the molecule is FC(F)(F)C(Br)CN1CCCc2ccccc2C1. The first-order valence-electron chi connectivity index (χ1n) is 5.97. The molecule has 5 heteroatoms. The zero-order valence-corrected chi connectivity index (χ0v) is 11.5. The van der Waals surface area contributed by atoms with Gasteiger partial charge in [-0.2, -0.15) is 13.2 Å². The van der Waals surface area contributed by atoms with Crippen molar-refractivity contribution in [3.8, 4) is 0 Å². The second kappa shape index (κ2) is 5.61. The number of fused-ring (bicyclic) bond motifs is 1. The highest BCUT2D eigenvalue weighted by Gasteiger charge is 2.38. The molecule has 0 radical (unpaired) electrons. The number of hydrogen-bond donors (Lipinski definition) is 0. The van der Waals surface area contributed by atoms with Crippen molar-refractivity contribution in [1.29, 1.82) is 0 Å². The van der Waals surface area contributed by atoms with Crippen LogP contribution in [0.4, 0.5) is 13.2 Å². The summed E-state index contributed by atoms with van der Waals surface area (Å²) in [5, 5.41) is 0. The molecule has 100 valence electrons. The second-order valence-corrected chi connectivity index (χ2v) is 5.72. The van der Waals surface area contributed by atoms with Gasteiger partial charge in [-0.15, -0.1) is 0 Å². The van der Waals surface area contributed by atoms with Crippen LogP contribution in [0.25, 0.3) is 0 Å². The number of rotatable bonds is 2. The molecular formula is C13H15BrF3N. The van der Waals surface area contributed by atoms with E-state index in [-0.39, 0.29) is 6.54 Å². The minimum absolute atomic E-state index is 0.0117. The summed E-state index contributed by atoms with van der Waals surface area (Å²) in [6, 6.07) is 7.99. The summed E-state index contributed by atoms with van der Waals surface area (Å²) in [4.78, 5) is 0.425. The molecule has 0 amide bonds. The molecule has 0 saturated carbocycles. The van der Waals surface area contributed by atoms with Crippen LogP contribution in [0.5, 0.6) is 0 Å². The normalized spacial score (nSPS) is 19.1. The lowest BCUT2D eigenvalue weighted by Crippen LogP contribution is -2.37. The van der Waals surface area contributed by atoms with Gasteiger partial charge >= 0.3 is 6.18 Å². The number of alkyl halides is 4. The molecule has 2 rings (SSSR count). The highest BCUT2D eigenvalue weighted by Crippen LogP contribution is 2.28. The molecule has 1 aromatic rings. The summed E-state index contributed by atoms with van der Waals surface area (Å²) in [5.41, 5.74) is 2.41. The number of benzene rings is 1. The molecule has 1 atom stereocenters. The maximum absolute atomic E-state index is 12.5. The lowest BCUT2D eigenvalue weighted by molar-refractivity contribution is -0.130. The van der Waals surface area contributed by atoms with Gasteiger partial charge in [0.15, 0.2) is 0 Å². The van der Waals surface area contributed by atoms with Crippen molar-refractivity contribution >= 4 is 15.9 Å². The smallest absolute Gasteiger partial charge is 0.298 e. The Balaban J connectivity index is 2.04. The highest BCUT2D eigenvalue weighted by atomic mass is 79.9. The van der Waals surface area contributed by atoms with Gasteiger partial charge in [-0.3, -0.25) is 4.90 Å². The van der Waals surface area contributed by atoms with E-state index in [4.69, 9.17) is 0 Å². The zero-order valence-electron chi connectivity index (χ0n) is 9.88. The van der Waals surface area contributed by atoms with E-state index < -0.39 is 11.0 Å². The van der Waals surface area contributed by atoms with Gasteiger partial charge in [-0.1, -0.05) is 40.2 Å². The Bertz CT molecular complexity index is 405. The average molecular weight is 322 g/mol. The molecule has 0 fully saturated rings. The topological polar surface area (TPSA) is 3.24 Å². The minimum atomic E-state index is -4.17. The third kappa shape index (κ3) is 3.48. The zero-order chi connectivity index (χ0) is 13.2. The summed E-state index contributed by atoms with van der Waals surface area (Å²) in [6.45, 7) is 1.33. The van der Waals surface area contributed by atoms with Crippen LogP contribution in [0.2, 0.25) is 0 Å². The first-order valence-corrected chi connectivity index (χ1v) is 6.88. The van der Waals surface area contributed by atoms with E-state index in [1.807, 2.05) is 23.1 Å². The Hall–Kier alpha value is -0.550. The lowest BCUT2D eigenvalue weighted by Gasteiger charge is -2.24. The van der Waals surface area contributed by atoms with Crippen LogP contribution < -0.4 is 0 Å². The Morgan fingerprint density at radius 2 is 1.89 bits per heavy atom. The fourth-order valence-electron chi connectivity index (χ4n) is 2.25. The molecular weight excluding hydrogens is 307 g/mol. The van der Waals surface area contributed by atoms with Gasteiger partial charge in [-0.05, 0) is 30.5 Å². The van der Waals surface area contributed by atoms with E-state index in [9.17, 15) is 13.2 Å². The standard InChI is InChI=1S/C13H15BrF3N/c14-12(13(15,16)17)9-18-7-3-6-10-4-1-2-5-11(10)8-18/h1-2,4-5,12H,3,6-9H2. The quantitative estimate of drug-likeness (QED) is 0.750. The van der Waals surface area contributed by atoms with Crippen LogP contribution in [0.1, 0.15) is 17.5 Å². The Morgan fingerprint density at radius 3 is 2.56 bits per heavy atom. The van der Waals surface area contributed by atoms with Crippen LogP contribution in [0.3, 0.4) is 0 Å². The molecule has 0 spiro atoms. The predicted octanol–water partition coefficient (Wildman–Crippen LogP) is 3.76. The van der Waals surface area contributed by atoms with Crippen LogP contribution in [-0.4, -0.2) is 29.0 Å². The number of nitrogens with zero attached hydrogens (tertiary/aromatic N) is 1. The monoisotopic (exact) mass is 321 g/mol. The highest BCUT2D eigenvalue weighted by molar-refractivity contribution is 9.09. The molecule has 1 unspecified atom stereocenters. The number of halogens is 4. The molecule has 0 saturated heterocycles. The van der Waals surface area contributed by atoms with Gasteiger partial charge in [0.25, 0.3) is 0 Å². The summed E-state index contributed by atoms with van der Waals surface area (Å²) in [7, 11) is 0. The van der Waals surface area contributed by atoms with Gasteiger partial charge in [0.05, 0.1) is 0 Å². The third-order valence-corrected chi connectivity index (χ3v) is 4.02. The first kappa shape index (κ1) is 13.9. The minimum Gasteiger partial charge on any atom is -0.298 e. The van der Waals surface area contributed by atoms with Crippen molar-refractivity contribution in [1.82, 2.24) is 4.90 Å². The molecule has 0 aromatic heterocycles. The van der Waals surface area contributed by atoms with Gasteiger partial charge in [0.1, 0.15) is 4.83 Å². The maximum atomic E-state index is 12.5. The molecule has 1 aliphatic heterocycles. The van der Waals surface area contributed by atoms with Crippen molar-refractivity contribution in [2.45, 2.75) is 30.4 Å². The van der Waals surface area contributed by atoms with E-state index in [0.717, 1.165) is 18.4 Å². The fraction of sp³-hybridized carbons (Fsp3) is 0.538. The van der Waals surface area contributed by atoms with Gasteiger partial charge in [0, 0.05) is 13.1 Å². The Labute approximate surface area is 113 Å². The molecule has 0 bridgehead atoms. The lowest BCUT2D eigenvalue weighted by atomic mass is 10.0. The van der Waals surface area contributed by atoms with Crippen LogP contribution >= 0.6 is 15.9 Å². The molecule has 0 N–H and O–H groups in total. The fourth-order valence-corrected chi connectivity index (χ4v) is 2.66. The first-order chi connectivity index (χ1) is 8.47. The van der Waals surface area contributed by atoms with E-state index in [1.54, 1.807) is 0 Å². The Kier molecular flexibility index (Phi) is 4.33. The predicted molar refractivity (Wildman–Crippen MR) is 68.8 cm³/mol. The van der Waals surface area contributed by atoms with Crippen molar-refractivity contribution in [3.63, 3.8) is 0 Å². The summed E-state index contributed by atoms with van der Waals surface area (Å²) < 4.78 is 37.6. The van der Waals surface area contributed by atoms with Crippen molar-refractivity contribution in [2.75, 3.05) is 13.1 Å². The number of aryl methyl sites for hydroxylation is 1. The molecule has 1 aliphatic rings. The summed E-state index contributed by atoms with van der Waals surface area (Å²) in [6.07, 6.45) is -2.31. The third-order valence-electron chi connectivity index (χ3n) is 3.21. The van der Waals surface area contributed by atoms with Crippen LogP contribution in [0.15, 0.2) is 24.3 Å². The van der Waals surface area contributed by atoms with Crippen LogP contribution in [0, 0.1) is 0 Å². The maximum Gasteiger partial charge on any atom is 0.402 e. The van der Waals surface area contributed by atoms with E-state index in [0.29, 0.717) is 13.1 Å². The van der Waals surface area contributed by atoms with Gasteiger partial charge < -0.3 is 0 Å². The van der Waals surface area contributed by atoms with E-state index in [2.05, 4.69) is 22.0 Å². The molecule has 1 heterocycles. The molecule has 0 aliphatic carbocycles. The largest absolute Gasteiger partial charge is 0.402 e. The van der Waals surface area contributed by atoms with Gasteiger partial charge in [0.2, 0.25) is 0 Å².